The van der Waals surface area contributed by atoms with Crippen molar-refractivity contribution in [2.45, 2.75) is 62.7 Å². The van der Waals surface area contributed by atoms with Crippen LogP contribution in [-0.4, -0.2) is 37.4 Å². The second kappa shape index (κ2) is 8.39. The lowest BCUT2D eigenvalue weighted by molar-refractivity contribution is -0.156. The number of halogens is 10. The SMILES string of the molecule is FC(F)(F)CCC(F)(F)CCOCCC(F)(F)CCC(F)(F)F. The van der Waals surface area contributed by atoms with Gasteiger partial charge in [-0.05, 0) is 0 Å². The van der Waals surface area contributed by atoms with Gasteiger partial charge < -0.3 is 4.74 Å². The van der Waals surface area contributed by atoms with Gasteiger partial charge in [0.2, 0.25) is 0 Å². The van der Waals surface area contributed by atoms with Gasteiger partial charge in [0, 0.05) is 38.5 Å². The fraction of sp³-hybridized carbons (Fsp3) is 1.00. The van der Waals surface area contributed by atoms with E-state index in [1.54, 1.807) is 0 Å². The van der Waals surface area contributed by atoms with E-state index in [9.17, 15) is 43.9 Å². The average molecular weight is 366 g/mol. The molecule has 0 atom stereocenters. The molecular weight excluding hydrogens is 350 g/mol. The van der Waals surface area contributed by atoms with E-state index in [1.165, 1.54) is 0 Å². The molecule has 0 fully saturated rings. The molecule has 0 saturated heterocycles. The molecule has 140 valence electrons. The Morgan fingerprint density at radius 2 is 0.739 bits per heavy atom. The maximum Gasteiger partial charge on any atom is 0.389 e. The fourth-order valence-corrected chi connectivity index (χ4v) is 1.44. The third-order valence-electron chi connectivity index (χ3n) is 2.77. The van der Waals surface area contributed by atoms with Crippen molar-refractivity contribution in [2.75, 3.05) is 13.2 Å². The smallest absolute Gasteiger partial charge is 0.381 e. The molecule has 1 nitrogen and oxygen atoms in total. The Hall–Kier alpha value is -0.740. The first-order valence-electron chi connectivity index (χ1n) is 6.59. The Morgan fingerprint density at radius 1 is 0.435 bits per heavy atom. The number of rotatable bonds is 10. The number of hydrogen-bond acceptors (Lipinski definition) is 1. The molecule has 0 aliphatic carbocycles. The summed E-state index contributed by atoms with van der Waals surface area (Å²) in [5.41, 5.74) is 0. The van der Waals surface area contributed by atoms with Crippen molar-refractivity contribution in [3.05, 3.63) is 0 Å². The van der Waals surface area contributed by atoms with Gasteiger partial charge in [-0.1, -0.05) is 0 Å². The molecule has 0 spiro atoms. The van der Waals surface area contributed by atoms with Gasteiger partial charge in [0.25, 0.3) is 11.8 Å². The molecule has 0 unspecified atom stereocenters. The van der Waals surface area contributed by atoms with Crippen LogP contribution in [0.3, 0.4) is 0 Å². The largest absolute Gasteiger partial charge is 0.389 e. The standard InChI is InChI=1S/C12H16F10O/c13-9(14,1-3-11(17,18)19)5-7-23-8-6-10(15,16)2-4-12(20,21)22/h1-8H2. The van der Waals surface area contributed by atoms with Gasteiger partial charge in [-0.25, -0.2) is 17.6 Å². The van der Waals surface area contributed by atoms with E-state index in [0.29, 0.717) is 0 Å². The minimum absolute atomic E-state index is 0.764. The molecule has 0 aromatic rings. The van der Waals surface area contributed by atoms with Crippen LogP contribution < -0.4 is 0 Å². The minimum Gasteiger partial charge on any atom is -0.381 e. The van der Waals surface area contributed by atoms with Crippen LogP contribution in [0.15, 0.2) is 0 Å². The highest BCUT2D eigenvalue weighted by atomic mass is 19.4. The molecule has 0 aromatic carbocycles. The quantitative estimate of drug-likeness (QED) is 0.354. The first-order chi connectivity index (χ1) is 10.1. The van der Waals surface area contributed by atoms with Gasteiger partial charge in [0.05, 0.1) is 13.2 Å². The van der Waals surface area contributed by atoms with Crippen molar-refractivity contribution in [2.24, 2.45) is 0 Å². The van der Waals surface area contributed by atoms with Crippen LogP contribution in [0.1, 0.15) is 38.5 Å². The van der Waals surface area contributed by atoms with Crippen molar-refractivity contribution in [3.8, 4) is 0 Å². The van der Waals surface area contributed by atoms with E-state index < -0.39 is 75.9 Å². The van der Waals surface area contributed by atoms with Crippen LogP contribution in [0.25, 0.3) is 0 Å². The van der Waals surface area contributed by atoms with Gasteiger partial charge in [0.1, 0.15) is 0 Å². The molecule has 11 heteroatoms. The zero-order valence-corrected chi connectivity index (χ0v) is 11.8. The Morgan fingerprint density at radius 3 is 1.00 bits per heavy atom. The zero-order chi connectivity index (χ0) is 18.4. The lowest BCUT2D eigenvalue weighted by Crippen LogP contribution is -2.24. The molecule has 0 saturated carbocycles. The third-order valence-corrected chi connectivity index (χ3v) is 2.77. The van der Waals surface area contributed by atoms with Crippen molar-refractivity contribution in [1.29, 1.82) is 0 Å². The second-order valence-corrected chi connectivity index (χ2v) is 5.05. The van der Waals surface area contributed by atoms with Crippen molar-refractivity contribution in [1.82, 2.24) is 0 Å². The zero-order valence-electron chi connectivity index (χ0n) is 11.8. The summed E-state index contributed by atoms with van der Waals surface area (Å²) in [5, 5.41) is 0. The molecule has 0 aliphatic rings. The average Bonchev–Trinajstić information content (AvgIpc) is 2.32. The second-order valence-electron chi connectivity index (χ2n) is 5.05. The summed E-state index contributed by atoms with van der Waals surface area (Å²) in [4.78, 5) is 0. The van der Waals surface area contributed by atoms with Crippen LogP contribution >= 0.6 is 0 Å². The van der Waals surface area contributed by atoms with E-state index in [4.69, 9.17) is 0 Å². The Balaban J connectivity index is 3.90. The van der Waals surface area contributed by atoms with E-state index in [1.807, 2.05) is 0 Å². The number of hydrogen-bond donors (Lipinski definition) is 0. The van der Waals surface area contributed by atoms with Crippen LogP contribution in [0.5, 0.6) is 0 Å². The Kier molecular flexibility index (Phi) is 8.12. The van der Waals surface area contributed by atoms with Gasteiger partial charge in [-0.15, -0.1) is 0 Å². The highest BCUT2D eigenvalue weighted by Gasteiger charge is 2.37. The predicted octanol–water partition coefficient (Wildman–Crippen LogP) is 5.74. The van der Waals surface area contributed by atoms with E-state index >= 15 is 0 Å². The topological polar surface area (TPSA) is 9.23 Å². The van der Waals surface area contributed by atoms with Crippen molar-refractivity contribution < 1.29 is 48.6 Å². The summed E-state index contributed by atoms with van der Waals surface area (Å²) in [6.07, 6.45) is -17.9. The molecule has 0 heterocycles. The van der Waals surface area contributed by atoms with Crippen LogP contribution in [-0.2, 0) is 4.74 Å². The molecule has 0 amide bonds. The lowest BCUT2D eigenvalue weighted by Gasteiger charge is -2.19. The Labute approximate surface area is 126 Å². The normalized spacial score (nSPS) is 14.3. The highest BCUT2D eigenvalue weighted by molar-refractivity contribution is 4.70. The number of ether oxygens (including phenoxy) is 1. The van der Waals surface area contributed by atoms with E-state index in [0.717, 1.165) is 0 Å². The summed E-state index contributed by atoms with van der Waals surface area (Å²) >= 11 is 0. The summed E-state index contributed by atoms with van der Waals surface area (Å²) in [6.45, 7) is -1.53. The molecule has 0 aromatic heterocycles. The molecule has 0 radical (unpaired) electrons. The summed E-state index contributed by atoms with van der Waals surface area (Å²) < 4.78 is 127. The van der Waals surface area contributed by atoms with Gasteiger partial charge in [-0.3, -0.25) is 0 Å². The lowest BCUT2D eigenvalue weighted by atomic mass is 10.1. The first kappa shape index (κ1) is 22.3. The van der Waals surface area contributed by atoms with Crippen LogP contribution in [0, 0.1) is 0 Å². The highest BCUT2D eigenvalue weighted by Crippen LogP contribution is 2.32. The molecule has 0 aliphatic heterocycles. The van der Waals surface area contributed by atoms with Gasteiger partial charge in [-0.2, -0.15) is 26.3 Å². The molecule has 0 N–H and O–H groups in total. The van der Waals surface area contributed by atoms with Gasteiger partial charge >= 0.3 is 12.4 Å². The molecular formula is C12H16F10O. The fourth-order valence-electron chi connectivity index (χ4n) is 1.44. The maximum absolute atomic E-state index is 13.0. The first-order valence-corrected chi connectivity index (χ1v) is 6.59. The predicted molar refractivity (Wildman–Crippen MR) is 60.5 cm³/mol. The molecule has 23 heavy (non-hydrogen) atoms. The Bertz CT molecular complexity index is 302. The van der Waals surface area contributed by atoms with Crippen molar-refractivity contribution >= 4 is 0 Å². The van der Waals surface area contributed by atoms with Gasteiger partial charge in [0.15, 0.2) is 0 Å². The summed E-state index contributed by atoms with van der Waals surface area (Å²) in [6, 6.07) is 0. The van der Waals surface area contributed by atoms with Crippen molar-refractivity contribution in [3.63, 3.8) is 0 Å². The van der Waals surface area contributed by atoms with Crippen LogP contribution in [0.2, 0.25) is 0 Å². The molecule has 0 rings (SSSR count). The monoisotopic (exact) mass is 366 g/mol. The van der Waals surface area contributed by atoms with Crippen LogP contribution in [0.4, 0.5) is 43.9 Å². The molecule has 0 bridgehead atoms. The minimum atomic E-state index is -4.73. The third kappa shape index (κ3) is 14.6. The number of alkyl halides is 10. The summed E-state index contributed by atoms with van der Waals surface area (Å²) in [5.74, 6) is -7.32. The maximum atomic E-state index is 13.0. The van der Waals surface area contributed by atoms with E-state index in [2.05, 4.69) is 4.74 Å². The van der Waals surface area contributed by atoms with E-state index in [-0.39, 0.29) is 0 Å². The summed E-state index contributed by atoms with van der Waals surface area (Å²) in [7, 11) is 0.